The van der Waals surface area contributed by atoms with E-state index >= 15 is 0 Å². The second-order valence-corrected chi connectivity index (χ2v) is 13.0. The Kier molecular flexibility index (Phi) is 7.71. The summed E-state index contributed by atoms with van der Waals surface area (Å²) < 4.78 is 15.7. The number of nitriles is 1. The molecule has 224 valence electrons. The van der Waals surface area contributed by atoms with Gasteiger partial charge in [0, 0.05) is 50.9 Å². The van der Waals surface area contributed by atoms with Gasteiger partial charge in [-0.15, -0.1) is 0 Å². The molecule has 43 heavy (non-hydrogen) atoms. The van der Waals surface area contributed by atoms with Crippen LogP contribution in [0.5, 0.6) is 0 Å². The third-order valence-electron chi connectivity index (χ3n) is 8.65. The number of thiazole rings is 1. The minimum absolute atomic E-state index is 0.0173. The Morgan fingerprint density at radius 3 is 2.53 bits per heavy atom. The second kappa shape index (κ2) is 11.3. The largest absolute Gasteiger partial charge is 0.390 e. The van der Waals surface area contributed by atoms with Gasteiger partial charge >= 0.3 is 0 Å². The molecular weight excluding hydrogens is 565 g/mol. The van der Waals surface area contributed by atoms with E-state index in [2.05, 4.69) is 46.4 Å². The summed E-state index contributed by atoms with van der Waals surface area (Å²) in [4.78, 5) is 29.5. The van der Waals surface area contributed by atoms with E-state index in [1.165, 1.54) is 23.5 Å². The molecule has 0 radical (unpaired) electrons. The Balaban J connectivity index is 1.25. The molecule has 1 aliphatic heterocycles. The maximum Gasteiger partial charge on any atom is 0.192 e. The fourth-order valence-corrected chi connectivity index (χ4v) is 7.11. The smallest absolute Gasteiger partial charge is 0.192 e. The van der Waals surface area contributed by atoms with Gasteiger partial charge in [-0.05, 0) is 69.0 Å². The third kappa shape index (κ3) is 5.62. The SMILES string of the molecule is CCc1nc2c(C)cc(N3CCN(CC(=O)C4CC(C)(O)C4)CC3)cn2c1N(C)c1nc(-c2ccc(F)cc2)c(C#N)s1. The van der Waals surface area contributed by atoms with Crippen LogP contribution in [-0.4, -0.2) is 75.5 Å². The van der Waals surface area contributed by atoms with Gasteiger partial charge in [0.25, 0.3) is 0 Å². The number of benzene rings is 1. The number of nitrogens with zero attached hydrogens (tertiary/aromatic N) is 7. The second-order valence-electron chi connectivity index (χ2n) is 12.0. The summed E-state index contributed by atoms with van der Waals surface area (Å²) in [6.07, 6.45) is 3.98. The molecule has 1 saturated heterocycles. The van der Waals surface area contributed by atoms with Crippen LogP contribution in [0.1, 0.15) is 42.8 Å². The van der Waals surface area contributed by atoms with Crippen LogP contribution in [0.4, 0.5) is 21.0 Å². The number of aryl methyl sites for hydroxylation is 2. The Labute approximate surface area is 254 Å². The zero-order valence-corrected chi connectivity index (χ0v) is 25.8. The summed E-state index contributed by atoms with van der Waals surface area (Å²) >= 11 is 1.30. The van der Waals surface area contributed by atoms with E-state index in [0.717, 1.165) is 61.0 Å². The van der Waals surface area contributed by atoms with Crippen molar-refractivity contribution in [3.8, 4) is 17.3 Å². The van der Waals surface area contributed by atoms with Gasteiger partial charge in [-0.2, -0.15) is 5.26 Å². The lowest BCUT2D eigenvalue weighted by Crippen LogP contribution is -2.51. The molecule has 1 aliphatic carbocycles. The number of carbonyl (C=O) groups excluding carboxylic acids is 1. The number of hydrogen-bond donors (Lipinski definition) is 1. The lowest BCUT2D eigenvalue weighted by molar-refractivity contribution is -0.137. The van der Waals surface area contributed by atoms with E-state index in [9.17, 15) is 19.6 Å². The molecule has 11 heteroatoms. The zero-order chi connectivity index (χ0) is 30.5. The molecule has 4 heterocycles. The molecule has 3 aromatic heterocycles. The number of ketones is 1. The summed E-state index contributed by atoms with van der Waals surface area (Å²) in [5, 5.41) is 20.5. The average molecular weight is 602 g/mol. The highest BCUT2D eigenvalue weighted by molar-refractivity contribution is 7.16. The van der Waals surface area contributed by atoms with Crippen LogP contribution in [-0.2, 0) is 11.2 Å². The Morgan fingerprint density at radius 1 is 1.21 bits per heavy atom. The zero-order valence-electron chi connectivity index (χ0n) is 25.0. The molecule has 0 bridgehead atoms. The summed E-state index contributed by atoms with van der Waals surface area (Å²) in [6, 6.07) is 10.5. The van der Waals surface area contributed by atoms with Crippen molar-refractivity contribution in [1.29, 1.82) is 5.26 Å². The minimum Gasteiger partial charge on any atom is -0.390 e. The fourth-order valence-electron chi connectivity index (χ4n) is 6.26. The molecule has 1 saturated carbocycles. The van der Waals surface area contributed by atoms with Crippen LogP contribution >= 0.6 is 11.3 Å². The lowest BCUT2D eigenvalue weighted by atomic mass is 9.70. The van der Waals surface area contributed by atoms with Crippen LogP contribution in [0.3, 0.4) is 0 Å². The van der Waals surface area contributed by atoms with E-state index in [1.807, 2.05) is 11.9 Å². The Bertz CT molecular complexity index is 1710. The molecule has 0 amide bonds. The van der Waals surface area contributed by atoms with Gasteiger partial charge < -0.3 is 14.9 Å². The summed E-state index contributed by atoms with van der Waals surface area (Å²) in [5.41, 5.74) is 4.50. The summed E-state index contributed by atoms with van der Waals surface area (Å²) in [5.74, 6) is 0.779. The van der Waals surface area contributed by atoms with Crippen LogP contribution < -0.4 is 9.80 Å². The third-order valence-corrected chi connectivity index (χ3v) is 9.69. The number of rotatable bonds is 8. The van der Waals surface area contributed by atoms with Gasteiger partial charge in [0.1, 0.15) is 39.7 Å². The maximum absolute atomic E-state index is 13.5. The molecule has 1 aromatic carbocycles. The summed E-state index contributed by atoms with van der Waals surface area (Å²) in [6.45, 7) is 9.60. The number of aromatic nitrogens is 3. The van der Waals surface area contributed by atoms with Gasteiger partial charge in [0.15, 0.2) is 5.13 Å². The standard InChI is InChI=1S/C32H36FN7O2S/c1-5-25-30(37(4)31-36-28(27(17-34)43-31)21-6-8-23(33)9-7-21)40-18-24(14-20(2)29(40)35-25)39-12-10-38(11-13-39)19-26(41)22-15-32(3,42)16-22/h6-9,14,18,22,42H,5,10-13,15-16,19H2,1-4H3. The monoisotopic (exact) mass is 601 g/mol. The Morgan fingerprint density at radius 2 is 1.91 bits per heavy atom. The van der Waals surface area contributed by atoms with Crippen LogP contribution in [0.25, 0.3) is 16.9 Å². The molecule has 9 nitrogen and oxygen atoms in total. The molecule has 0 atom stereocenters. The highest BCUT2D eigenvalue weighted by Gasteiger charge is 2.42. The van der Waals surface area contributed by atoms with Crippen LogP contribution in [0.2, 0.25) is 0 Å². The van der Waals surface area contributed by atoms with Crippen molar-refractivity contribution in [2.24, 2.45) is 5.92 Å². The molecule has 2 fully saturated rings. The van der Waals surface area contributed by atoms with Crippen molar-refractivity contribution >= 4 is 39.4 Å². The first kappa shape index (κ1) is 29.2. The first-order valence-corrected chi connectivity index (χ1v) is 15.5. The maximum atomic E-state index is 13.5. The molecule has 6 rings (SSSR count). The number of aliphatic hydroxyl groups is 1. The number of hydrogen-bond acceptors (Lipinski definition) is 9. The van der Waals surface area contributed by atoms with Crippen molar-refractivity contribution in [3.05, 3.63) is 58.5 Å². The van der Waals surface area contributed by atoms with Crippen LogP contribution in [0, 0.1) is 30.0 Å². The number of piperazine rings is 1. The number of imidazole rings is 1. The fraction of sp³-hybridized carbons (Fsp3) is 0.438. The number of carbonyl (C=O) groups is 1. The van der Waals surface area contributed by atoms with Crippen molar-refractivity contribution < 1.29 is 14.3 Å². The van der Waals surface area contributed by atoms with Crippen molar-refractivity contribution in [2.45, 2.75) is 45.6 Å². The molecule has 2 aliphatic rings. The molecule has 0 spiro atoms. The van der Waals surface area contributed by atoms with Gasteiger partial charge in [0.05, 0.1) is 23.5 Å². The quantitative estimate of drug-likeness (QED) is 0.303. The lowest BCUT2D eigenvalue weighted by Gasteiger charge is -2.41. The van der Waals surface area contributed by atoms with Gasteiger partial charge in [-0.3, -0.25) is 14.1 Å². The highest BCUT2D eigenvalue weighted by Crippen LogP contribution is 2.39. The van der Waals surface area contributed by atoms with E-state index in [-0.39, 0.29) is 17.5 Å². The first-order valence-electron chi connectivity index (χ1n) is 14.7. The van der Waals surface area contributed by atoms with Gasteiger partial charge in [-0.25, -0.2) is 14.4 Å². The van der Waals surface area contributed by atoms with E-state index in [4.69, 9.17) is 9.97 Å². The van der Waals surface area contributed by atoms with Crippen LogP contribution in [0.15, 0.2) is 36.5 Å². The van der Waals surface area contributed by atoms with E-state index in [1.54, 1.807) is 19.1 Å². The number of anilines is 3. The number of fused-ring (bicyclic) bond motifs is 1. The number of Topliss-reactive ketones (excluding diaryl/α,β-unsaturated/α-hetero) is 1. The average Bonchev–Trinajstić information content (AvgIpc) is 3.58. The van der Waals surface area contributed by atoms with E-state index in [0.29, 0.717) is 40.7 Å². The van der Waals surface area contributed by atoms with E-state index < -0.39 is 5.60 Å². The van der Waals surface area contributed by atoms with Crippen molar-refractivity contribution in [1.82, 2.24) is 19.3 Å². The predicted octanol–water partition coefficient (Wildman–Crippen LogP) is 4.96. The Hall–Kier alpha value is -3.85. The molecular formula is C32H36FN7O2S. The highest BCUT2D eigenvalue weighted by atomic mass is 32.1. The normalized spacial score (nSPS) is 20.7. The van der Waals surface area contributed by atoms with Crippen molar-refractivity contribution in [2.75, 3.05) is 49.6 Å². The topological polar surface area (TPSA) is 101 Å². The number of pyridine rings is 1. The minimum atomic E-state index is -0.685. The predicted molar refractivity (Wildman–Crippen MR) is 167 cm³/mol. The van der Waals surface area contributed by atoms with Gasteiger partial charge in [0.2, 0.25) is 0 Å². The molecule has 0 unspecified atom stereocenters. The van der Waals surface area contributed by atoms with Gasteiger partial charge in [-0.1, -0.05) is 18.3 Å². The first-order chi connectivity index (χ1) is 20.6. The molecule has 4 aromatic rings. The molecule has 1 N–H and O–H groups in total. The van der Waals surface area contributed by atoms with Crippen molar-refractivity contribution in [3.63, 3.8) is 0 Å². The summed E-state index contributed by atoms with van der Waals surface area (Å²) in [7, 11) is 1.94. The number of halogens is 1.